The summed E-state index contributed by atoms with van der Waals surface area (Å²) in [6.07, 6.45) is 0.909. The molecule has 2 rings (SSSR count). The first-order chi connectivity index (χ1) is 8.16. The Balaban J connectivity index is 2.05. The SMILES string of the molecule is Cc1cccc(CCn2nnnc2C(C)N)c1. The highest BCUT2D eigenvalue weighted by Crippen LogP contribution is 2.08. The smallest absolute Gasteiger partial charge is 0.167 e. The van der Waals surface area contributed by atoms with Crippen LogP contribution in [0.4, 0.5) is 0 Å². The van der Waals surface area contributed by atoms with Crippen molar-refractivity contribution in [1.82, 2.24) is 20.2 Å². The van der Waals surface area contributed by atoms with Crippen molar-refractivity contribution in [2.45, 2.75) is 32.9 Å². The number of hydrogen-bond acceptors (Lipinski definition) is 4. The topological polar surface area (TPSA) is 69.6 Å². The van der Waals surface area contributed by atoms with Gasteiger partial charge >= 0.3 is 0 Å². The Labute approximate surface area is 101 Å². The van der Waals surface area contributed by atoms with Crippen LogP contribution in [0.15, 0.2) is 24.3 Å². The molecule has 0 saturated carbocycles. The van der Waals surface area contributed by atoms with E-state index in [-0.39, 0.29) is 6.04 Å². The monoisotopic (exact) mass is 231 g/mol. The van der Waals surface area contributed by atoms with E-state index in [2.05, 4.69) is 46.7 Å². The average molecular weight is 231 g/mol. The molecule has 1 atom stereocenters. The largest absolute Gasteiger partial charge is 0.322 e. The van der Waals surface area contributed by atoms with Crippen LogP contribution in [0.5, 0.6) is 0 Å². The third-order valence-corrected chi connectivity index (χ3v) is 2.66. The van der Waals surface area contributed by atoms with Crippen molar-refractivity contribution in [3.63, 3.8) is 0 Å². The number of tetrazole rings is 1. The van der Waals surface area contributed by atoms with E-state index in [0.29, 0.717) is 0 Å². The van der Waals surface area contributed by atoms with Crippen LogP contribution < -0.4 is 5.73 Å². The Hall–Kier alpha value is -1.75. The molecule has 0 saturated heterocycles. The summed E-state index contributed by atoms with van der Waals surface area (Å²) < 4.78 is 1.77. The second kappa shape index (κ2) is 5.05. The highest BCUT2D eigenvalue weighted by molar-refractivity contribution is 5.22. The fraction of sp³-hybridized carbons (Fsp3) is 0.417. The second-order valence-corrected chi connectivity index (χ2v) is 4.29. The predicted octanol–water partition coefficient (Wildman–Crippen LogP) is 1.24. The molecule has 90 valence electrons. The third-order valence-electron chi connectivity index (χ3n) is 2.66. The first-order valence-electron chi connectivity index (χ1n) is 5.74. The minimum absolute atomic E-state index is 0.137. The molecule has 1 unspecified atom stereocenters. The van der Waals surface area contributed by atoms with Crippen LogP contribution >= 0.6 is 0 Å². The van der Waals surface area contributed by atoms with Crippen LogP contribution in [-0.4, -0.2) is 20.2 Å². The number of nitrogens with two attached hydrogens (primary N) is 1. The van der Waals surface area contributed by atoms with Crippen LogP contribution in [-0.2, 0) is 13.0 Å². The van der Waals surface area contributed by atoms with Gasteiger partial charge in [0.25, 0.3) is 0 Å². The summed E-state index contributed by atoms with van der Waals surface area (Å²) in [4.78, 5) is 0. The molecular formula is C12H17N5. The summed E-state index contributed by atoms with van der Waals surface area (Å²) in [5.41, 5.74) is 8.35. The van der Waals surface area contributed by atoms with Gasteiger partial charge in [-0.25, -0.2) is 4.68 Å². The molecule has 0 spiro atoms. The number of hydrogen-bond donors (Lipinski definition) is 1. The zero-order valence-electron chi connectivity index (χ0n) is 10.2. The molecule has 1 aromatic carbocycles. The molecule has 0 fully saturated rings. The molecule has 0 aliphatic heterocycles. The Kier molecular flexibility index (Phi) is 3.49. The fourth-order valence-electron chi connectivity index (χ4n) is 1.80. The Bertz CT molecular complexity index is 489. The zero-order valence-corrected chi connectivity index (χ0v) is 10.2. The van der Waals surface area contributed by atoms with E-state index in [1.807, 2.05) is 6.92 Å². The van der Waals surface area contributed by atoms with Crippen LogP contribution in [0, 0.1) is 6.92 Å². The molecular weight excluding hydrogens is 214 g/mol. The fourth-order valence-corrected chi connectivity index (χ4v) is 1.80. The number of aryl methyl sites for hydroxylation is 3. The van der Waals surface area contributed by atoms with Gasteiger partial charge in [0, 0.05) is 6.54 Å². The van der Waals surface area contributed by atoms with Gasteiger partial charge < -0.3 is 5.73 Å². The average Bonchev–Trinajstić information content (AvgIpc) is 2.74. The molecule has 17 heavy (non-hydrogen) atoms. The van der Waals surface area contributed by atoms with Crippen molar-refractivity contribution >= 4 is 0 Å². The molecule has 5 heteroatoms. The van der Waals surface area contributed by atoms with E-state index >= 15 is 0 Å². The third kappa shape index (κ3) is 2.88. The maximum absolute atomic E-state index is 5.79. The molecule has 0 amide bonds. The first kappa shape index (κ1) is 11.7. The Morgan fingerprint density at radius 3 is 2.94 bits per heavy atom. The lowest BCUT2D eigenvalue weighted by molar-refractivity contribution is 0.543. The Morgan fingerprint density at radius 2 is 2.24 bits per heavy atom. The molecule has 1 aromatic heterocycles. The highest BCUT2D eigenvalue weighted by Gasteiger charge is 2.09. The number of aromatic nitrogens is 4. The van der Waals surface area contributed by atoms with Crippen molar-refractivity contribution < 1.29 is 0 Å². The van der Waals surface area contributed by atoms with E-state index in [1.54, 1.807) is 4.68 Å². The quantitative estimate of drug-likeness (QED) is 0.859. The van der Waals surface area contributed by atoms with Gasteiger partial charge in [0.05, 0.1) is 6.04 Å². The van der Waals surface area contributed by atoms with E-state index in [9.17, 15) is 0 Å². The molecule has 0 bridgehead atoms. The summed E-state index contributed by atoms with van der Waals surface area (Å²) >= 11 is 0. The van der Waals surface area contributed by atoms with Gasteiger partial charge in [-0.1, -0.05) is 29.8 Å². The van der Waals surface area contributed by atoms with E-state index in [0.717, 1.165) is 18.8 Å². The molecule has 2 N–H and O–H groups in total. The maximum atomic E-state index is 5.79. The minimum atomic E-state index is -0.137. The first-order valence-corrected chi connectivity index (χ1v) is 5.74. The van der Waals surface area contributed by atoms with Crippen LogP contribution in [0.3, 0.4) is 0 Å². The second-order valence-electron chi connectivity index (χ2n) is 4.29. The lowest BCUT2D eigenvalue weighted by Crippen LogP contribution is -2.15. The summed E-state index contributed by atoms with van der Waals surface area (Å²) in [6.45, 7) is 4.73. The number of benzene rings is 1. The van der Waals surface area contributed by atoms with Gasteiger partial charge in [-0.15, -0.1) is 5.10 Å². The zero-order chi connectivity index (χ0) is 12.3. The van der Waals surface area contributed by atoms with Gasteiger partial charge in [-0.05, 0) is 36.3 Å². The van der Waals surface area contributed by atoms with Crippen molar-refractivity contribution in [3.05, 3.63) is 41.2 Å². The normalized spacial score (nSPS) is 12.6. The molecule has 1 heterocycles. The van der Waals surface area contributed by atoms with Crippen LogP contribution in [0.25, 0.3) is 0 Å². The van der Waals surface area contributed by atoms with Gasteiger partial charge in [0.15, 0.2) is 5.82 Å². The highest BCUT2D eigenvalue weighted by atomic mass is 15.5. The van der Waals surface area contributed by atoms with Crippen LogP contribution in [0.1, 0.15) is 29.9 Å². The summed E-state index contributed by atoms with van der Waals surface area (Å²) in [5.74, 6) is 0.734. The standard InChI is InChI=1S/C12H17N5/c1-9-4-3-5-11(8-9)6-7-17-12(10(2)13)14-15-16-17/h3-5,8,10H,6-7,13H2,1-2H3. The lowest BCUT2D eigenvalue weighted by atomic mass is 10.1. The molecule has 2 aromatic rings. The van der Waals surface area contributed by atoms with E-state index in [4.69, 9.17) is 5.73 Å². The number of nitrogens with zero attached hydrogens (tertiary/aromatic N) is 4. The molecule has 0 radical (unpaired) electrons. The summed E-state index contributed by atoms with van der Waals surface area (Å²) in [7, 11) is 0. The van der Waals surface area contributed by atoms with Crippen LogP contribution in [0.2, 0.25) is 0 Å². The summed E-state index contributed by atoms with van der Waals surface area (Å²) in [5, 5.41) is 11.5. The van der Waals surface area contributed by atoms with Crippen molar-refractivity contribution in [2.24, 2.45) is 5.73 Å². The van der Waals surface area contributed by atoms with E-state index < -0.39 is 0 Å². The summed E-state index contributed by atoms with van der Waals surface area (Å²) in [6, 6.07) is 8.31. The Morgan fingerprint density at radius 1 is 1.41 bits per heavy atom. The molecule has 0 aliphatic carbocycles. The lowest BCUT2D eigenvalue weighted by Gasteiger charge is -2.07. The van der Waals surface area contributed by atoms with Crippen molar-refractivity contribution in [3.8, 4) is 0 Å². The maximum Gasteiger partial charge on any atom is 0.167 e. The van der Waals surface area contributed by atoms with Gasteiger partial charge in [-0.2, -0.15) is 0 Å². The number of rotatable bonds is 4. The van der Waals surface area contributed by atoms with Gasteiger partial charge in [-0.3, -0.25) is 0 Å². The van der Waals surface area contributed by atoms with E-state index in [1.165, 1.54) is 11.1 Å². The molecule has 5 nitrogen and oxygen atoms in total. The van der Waals surface area contributed by atoms with Gasteiger partial charge in [0.2, 0.25) is 0 Å². The predicted molar refractivity (Wildman–Crippen MR) is 65.3 cm³/mol. The van der Waals surface area contributed by atoms with Crippen molar-refractivity contribution in [1.29, 1.82) is 0 Å². The minimum Gasteiger partial charge on any atom is -0.322 e. The van der Waals surface area contributed by atoms with Gasteiger partial charge in [0.1, 0.15) is 0 Å². The van der Waals surface area contributed by atoms with Crippen molar-refractivity contribution in [2.75, 3.05) is 0 Å². The molecule has 0 aliphatic rings.